The van der Waals surface area contributed by atoms with E-state index in [2.05, 4.69) is 83.3 Å². The van der Waals surface area contributed by atoms with Gasteiger partial charge in [-0.05, 0) is 111 Å². The number of hydrogen-bond donors (Lipinski definition) is 2. The molecule has 5 aromatic heterocycles. The molecule has 0 atom stereocenters. The van der Waals surface area contributed by atoms with Gasteiger partial charge in [-0.3, -0.25) is 9.97 Å². The number of aromatic amines is 1. The lowest BCUT2D eigenvalue weighted by molar-refractivity contribution is 0.0702. The number of halogens is 2. The molecular weight excluding hydrogens is 870 g/mol. The second-order valence-electron chi connectivity index (χ2n) is 10.2. The van der Waals surface area contributed by atoms with Crippen molar-refractivity contribution in [1.82, 2.24) is 19.9 Å². The average molecular weight is 893 g/mol. The summed E-state index contributed by atoms with van der Waals surface area (Å²) in [6.45, 7) is 0. The molecule has 0 spiro atoms. The molecule has 0 saturated carbocycles. The first-order valence-electron chi connectivity index (χ1n) is 14.4. The van der Waals surface area contributed by atoms with Gasteiger partial charge in [0, 0.05) is 30.3 Å². The molecule has 8 rings (SSSR count). The van der Waals surface area contributed by atoms with Crippen molar-refractivity contribution in [3.63, 3.8) is 0 Å². The molecule has 0 amide bonds. The highest BCUT2D eigenvalue weighted by Gasteiger charge is 2.14. The molecule has 12 heteroatoms. The molecule has 8 nitrogen and oxygen atoms in total. The normalized spacial score (nSPS) is 10.9. The summed E-state index contributed by atoms with van der Waals surface area (Å²) in [4.78, 5) is 28.8. The molecule has 0 saturated heterocycles. The van der Waals surface area contributed by atoms with E-state index in [0.29, 0.717) is 11.5 Å². The first-order valence-corrected chi connectivity index (χ1v) is 18.1. The van der Waals surface area contributed by atoms with Gasteiger partial charge >= 0.3 is 5.97 Å². The number of carboxylic acid groups (broad SMARTS) is 1. The summed E-state index contributed by atoms with van der Waals surface area (Å²) in [7, 11) is 0. The minimum absolute atomic E-state index is 0.278. The molecule has 0 aliphatic rings. The third kappa shape index (κ3) is 7.36. The van der Waals surface area contributed by atoms with Crippen molar-refractivity contribution in [2.24, 2.45) is 0 Å². The Morgan fingerprint density at radius 1 is 0.688 bits per heavy atom. The number of H-pyrrole nitrogens is 1. The smallest absolute Gasteiger partial charge is 0.345 e. The number of nitrogens with zero attached hydrogens (tertiary/aromatic N) is 3. The average Bonchev–Trinajstić information content (AvgIpc) is 3.87. The molecule has 0 unspecified atom stereocenters. The third-order valence-corrected chi connectivity index (χ3v) is 10.6. The molecule has 0 aliphatic carbocycles. The molecule has 5 heterocycles. The van der Waals surface area contributed by atoms with Gasteiger partial charge in [0.05, 0.1) is 38.6 Å². The number of carbonyl (C=O) groups is 1. The Morgan fingerprint density at radius 3 is 1.83 bits per heavy atom. The lowest BCUT2D eigenvalue weighted by Gasteiger charge is -2.06. The molecule has 2 N–H and O–H groups in total. The zero-order chi connectivity index (χ0) is 33.0. The van der Waals surface area contributed by atoms with Crippen LogP contribution in [0, 0.1) is 7.14 Å². The van der Waals surface area contributed by atoms with Gasteiger partial charge in [-0.15, -0.1) is 22.7 Å². The number of hydrogen-bond acceptors (Lipinski definition) is 8. The third-order valence-electron chi connectivity index (χ3n) is 7.01. The van der Waals surface area contributed by atoms with E-state index in [1.807, 2.05) is 79.1 Å². The Labute approximate surface area is 309 Å². The molecule has 0 fully saturated rings. The van der Waals surface area contributed by atoms with E-state index in [4.69, 9.17) is 14.6 Å². The second kappa shape index (κ2) is 14.4. The molecule has 8 aromatic rings. The zero-order valence-electron chi connectivity index (χ0n) is 24.6. The Kier molecular flexibility index (Phi) is 9.65. The van der Waals surface area contributed by atoms with E-state index >= 15 is 0 Å². The summed E-state index contributed by atoms with van der Waals surface area (Å²) in [5, 5.41) is 10.8. The number of ether oxygens (including phenoxy) is 2. The maximum Gasteiger partial charge on any atom is 0.345 e. The van der Waals surface area contributed by atoms with Crippen molar-refractivity contribution >= 4 is 94.0 Å². The maximum atomic E-state index is 11.0. The number of aromatic nitrogens is 4. The summed E-state index contributed by atoms with van der Waals surface area (Å²) in [5.41, 5.74) is 2.12. The molecule has 0 aliphatic heterocycles. The van der Waals surface area contributed by atoms with Crippen LogP contribution in [0.1, 0.15) is 9.67 Å². The van der Waals surface area contributed by atoms with E-state index in [-0.39, 0.29) is 4.88 Å². The van der Waals surface area contributed by atoms with Crippen LogP contribution in [0.25, 0.3) is 42.1 Å². The standard InChI is InChI=1S/C22H14IN3OS.C14H8INO3S/c23-15-6-8-16(9-7-15)27-19-12-24-13-21-17(19)10-20(28-21)22-25-11-18(26-22)14-4-2-1-3-5-14;15-8-1-3-9(4-2-8)19-11-6-16-7-13-10(11)5-12(20-13)14(17)18/h1-13H,(H,25,26);1-7H,(H,17,18). The Balaban J connectivity index is 0.000000161. The van der Waals surface area contributed by atoms with Crippen LogP contribution in [0.4, 0.5) is 0 Å². The summed E-state index contributed by atoms with van der Waals surface area (Å²) in [5.74, 6) is 2.71. The van der Waals surface area contributed by atoms with Gasteiger partial charge in [0.15, 0.2) is 11.5 Å². The largest absolute Gasteiger partial charge is 0.477 e. The first kappa shape index (κ1) is 32.2. The number of nitrogens with one attached hydrogen (secondary N) is 1. The monoisotopic (exact) mass is 892 g/mol. The highest BCUT2D eigenvalue weighted by molar-refractivity contribution is 14.1. The van der Waals surface area contributed by atoms with Crippen LogP contribution in [0.5, 0.6) is 23.0 Å². The first-order chi connectivity index (χ1) is 23.4. The van der Waals surface area contributed by atoms with Gasteiger partial charge < -0.3 is 19.6 Å². The van der Waals surface area contributed by atoms with Crippen LogP contribution in [0.3, 0.4) is 0 Å². The Hall–Kier alpha value is -4.38. The zero-order valence-corrected chi connectivity index (χ0v) is 30.6. The second-order valence-corrected chi connectivity index (χ2v) is 14.9. The molecular formula is C36H22I2N4O4S2. The molecule has 0 bridgehead atoms. The summed E-state index contributed by atoms with van der Waals surface area (Å²) < 4.78 is 16.0. The van der Waals surface area contributed by atoms with Gasteiger partial charge in [0.25, 0.3) is 0 Å². The van der Waals surface area contributed by atoms with Gasteiger partial charge in [0.1, 0.15) is 22.2 Å². The van der Waals surface area contributed by atoms with Crippen LogP contribution in [-0.4, -0.2) is 31.0 Å². The fourth-order valence-corrected chi connectivity index (χ4v) is 7.33. The summed E-state index contributed by atoms with van der Waals surface area (Å²) in [6, 6.07) is 29.5. The lowest BCUT2D eigenvalue weighted by Crippen LogP contribution is -1.90. The van der Waals surface area contributed by atoms with Crippen molar-refractivity contribution < 1.29 is 19.4 Å². The number of carboxylic acids is 1. The van der Waals surface area contributed by atoms with Crippen LogP contribution in [0.15, 0.2) is 122 Å². The molecule has 0 radical (unpaired) electrons. The van der Waals surface area contributed by atoms with Crippen molar-refractivity contribution in [2.45, 2.75) is 0 Å². The minimum Gasteiger partial charge on any atom is -0.477 e. The van der Waals surface area contributed by atoms with Crippen molar-refractivity contribution in [3.8, 4) is 45.0 Å². The molecule has 236 valence electrons. The van der Waals surface area contributed by atoms with Gasteiger partial charge in [-0.25, -0.2) is 9.78 Å². The summed E-state index contributed by atoms with van der Waals surface area (Å²) >= 11 is 7.34. The number of thiophene rings is 2. The highest BCUT2D eigenvalue weighted by Crippen LogP contribution is 2.39. The van der Waals surface area contributed by atoms with Gasteiger partial charge in [-0.2, -0.15) is 0 Å². The van der Waals surface area contributed by atoms with Crippen LogP contribution in [0.2, 0.25) is 0 Å². The Morgan fingerprint density at radius 2 is 1.25 bits per heavy atom. The fraction of sp³-hybridized carbons (Fsp3) is 0. The highest BCUT2D eigenvalue weighted by atomic mass is 127. The number of benzene rings is 3. The van der Waals surface area contributed by atoms with E-state index in [1.165, 1.54) is 14.9 Å². The van der Waals surface area contributed by atoms with Gasteiger partial charge in [0.2, 0.25) is 0 Å². The minimum atomic E-state index is -0.939. The van der Waals surface area contributed by atoms with Crippen molar-refractivity contribution in [1.29, 1.82) is 0 Å². The predicted molar refractivity (Wildman–Crippen MR) is 208 cm³/mol. The Bertz CT molecular complexity index is 2360. The van der Waals surface area contributed by atoms with Crippen molar-refractivity contribution in [3.05, 3.63) is 134 Å². The van der Waals surface area contributed by atoms with Gasteiger partial charge in [-0.1, -0.05) is 30.3 Å². The quantitative estimate of drug-likeness (QED) is 0.153. The topological polar surface area (TPSA) is 110 Å². The van der Waals surface area contributed by atoms with Crippen LogP contribution >= 0.6 is 67.9 Å². The van der Waals surface area contributed by atoms with E-state index in [0.717, 1.165) is 57.2 Å². The SMILES string of the molecule is Ic1ccc(Oc2cncc3sc(-c4ncc(-c5ccccc5)[nH]4)cc23)cc1.O=C(O)c1cc2c(Oc3ccc(I)cc3)cncc2s1. The van der Waals surface area contributed by atoms with E-state index in [9.17, 15) is 4.79 Å². The number of rotatable bonds is 7. The number of aromatic carboxylic acids is 1. The van der Waals surface area contributed by atoms with E-state index in [1.54, 1.807) is 36.0 Å². The van der Waals surface area contributed by atoms with E-state index < -0.39 is 5.97 Å². The van der Waals surface area contributed by atoms with Crippen LogP contribution in [-0.2, 0) is 0 Å². The summed E-state index contributed by atoms with van der Waals surface area (Å²) in [6.07, 6.45) is 8.74. The molecule has 48 heavy (non-hydrogen) atoms. The maximum absolute atomic E-state index is 11.0. The number of fused-ring (bicyclic) bond motifs is 2. The lowest BCUT2D eigenvalue weighted by atomic mass is 10.2. The number of imidazole rings is 1. The predicted octanol–water partition coefficient (Wildman–Crippen LogP) is 11.1. The van der Waals surface area contributed by atoms with Crippen molar-refractivity contribution in [2.75, 3.05) is 0 Å². The molecule has 3 aromatic carbocycles. The number of pyridine rings is 2. The van der Waals surface area contributed by atoms with Crippen LogP contribution < -0.4 is 9.47 Å². The fourth-order valence-electron chi connectivity index (χ4n) is 4.73.